The molecule has 1 aromatic rings. The molecule has 0 aromatic carbocycles. The number of hydrazine groups is 1. The van der Waals surface area contributed by atoms with Crippen LogP contribution in [0.4, 0.5) is 5.69 Å². The maximum Gasteiger partial charge on any atom is 0.256 e. The van der Waals surface area contributed by atoms with Gasteiger partial charge in [-0.05, 0) is 18.9 Å². The molecule has 1 fully saturated rings. The number of amides is 1. The number of hydrogen-bond donors (Lipinski definition) is 3. The first-order valence-electron chi connectivity index (χ1n) is 6.60. The number of nitrogens with one attached hydrogen (secondary N) is 1. The topological polar surface area (TPSA) is 91.5 Å². The second-order valence-electron chi connectivity index (χ2n) is 4.73. The number of anilines is 1. The molecule has 6 heteroatoms. The Bertz CT molecular complexity index is 432. The van der Waals surface area contributed by atoms with Crippen LogP contribution < -0.4 is 11.3 Å². The van der Waals surface area contributed by atoms with Gasteiger partial charge in [-0.1, -0.05) is 12.8 Å². The smallest absolute Gasteiger partial charge is 0.256 e. The number of rotatable bonds is 5. The summed E-state index contributed by atoms with van der Waals surface area (Å²) in [5.74, 6) is 5.31. The summed E-state index contributed by atoms with van der Waals surface area (Å²) in [4.78, 5) is 18.3. The predicted molar refractivity (Wildman–Crippen MR) is 72.4 cm³/mol. The quantitative estimate of drug-likeness (QED) is 0.539. The SMILES string of the molecule is NNc1cnccc1C(=O)N(CCO)C1CCCC1. The van der Waals surface area contributed by atoms with Crippen molar-refractivity contribution >= 4 is 11.6 Å². The highest BCUT2D eigenvalue weighted by molar-refractivity contribution is 5.99. The van der Waals surface area contributed by atoms with E-state index in [0.29, 0.717) is 17.8 Å². The standard InChI is InChI=1S/C13H20N4O2/c14-16-12-9-15-6-5-11(12)13(19)17(7-8-18)10-3-1-2-4-10/h5-6,9-10,16,18H,1-4,7-8,14H2. The van der Waals surface area contributed by atoms with E-state index in [-0.39, 0.29) is 18.6 Å². The van der Waals surface area contributed by atoms with E-state index in [0.717, 1.165) is 25.7 Å². The predicted octanol–water partition coefficient (Wildman–Crippen LogP) is 0.744. The third-order valence-electron chi connectivity index (χ3n) is 3.57. The van der Waals surface area contributed by atoms with E-state index in [1.54, 1.807) is 17.2 Å². The molecule has 0 radical (unpaired) electrons. The van der Waals surface area contributed by atoms with Crippen molar-refractivity contribution < 1.29 is 9.90 Å². The van der Waals surface area contributed by atoms with E-state index in [4.69, 9.17) is 5.84 Å². The zero-order valence-corrected chi connectivity index (χ0v) is 10.9. The van der Waals surface area contributed by atoms with Crippen LogP contribution in [0.5, 0.6) is 0 Å². The Hall–Kier alpha value is -1.66. The summed E-state index contributed by atoms with van der Waals surface area (Å²) in [7, 11) is 0. The minimum atomic E-state index is -0.101. The number of aromatic nitrogens is 1. The molecule has 1 saturated carbocycles. The van der Waals surface area contributed by atoms with Gasteiger partial charge in [0.15, 0.2) is 0 Å². The summed E-state index contributed by atoms with van der Waals surface area (Å²) in [6, 6.07) is 1.87. The molecule has 6 nitrogen and oxygen atoms in total. The maximum atomic E-state index is 12.6. The minimum Gasteiger partial charge on any atom is -0.395 e. The van der Waals surface area contributed by atoms with Crippen LogP contribution in [0.15, 0.2) is 18.5 Å². The Labute approximate surface area is 112 Å². The van der Waals surface area contributed by atoms with E-state index >= 15 is 0 Å². The van der Waals surface area contributed by atoms with Gasteiger partial charge in [-0.25, -0.2) is 0 Å². The lowest BCUT2D eigenvalue weighted by Crippen LogP contribution is -2.41. The van der Waals surface area contributed by atoms with Crippen LogP contribution in [0.2, 0.25) is 0 Å². The molecule has 1 heterocycles. The lowest BCUT2D eigenvalue weighted by atomic mass is 10.1. The van der Waals surface area contributed by atoms with Gasteiger partial charge in [0.05, 0.1) is 24.1 Å². The molecule has 1 aromatic heterocycles. The fourth-order valence-corrected chi connectivity index (χ4v) is 2.62. The van der Waals surface area contributed by atoms with Gasteiger partial charge in [-0.3, -0.25) is 15.6 Å². The molecule has 0 saturated heterocycles. The summed E-state index contributed by atoms with van der Waals surface area (Å²) in [6.07, 6.45) is 7.37. The van der Waals surface area contributed by atoms with Gasteiger partial charge >= 0.3 is 0 Å². The molecule has 0 atom stereocenters. The van der Waals surface area contributed by atoms with Crippen LogP contribution in [0.25, 0.3) is 0 Å². The molecule has 0 spiro atoms. The number of aliphatic hydroxyl groups excluding tert-OH is 1. The molecular weight excluding hydrogens is 244 g/mol. The van der Waals surface area contributed by atoms with Crippen molar-refractivity contribution in [3.8, 4) is 0 Å². The molecule has 4 N–H and O–H groups in total. The van der Waals surface area contributed by atoms with Gasteiger partial charge in [0.1, 0.15) is 0 Å². The molecular formula is C13H20N4O2. The zero-order chi connectivity index (χ0) is 13.7. The number of nitrogens with two attached hydrogens (primary N) is 1. The Morgan fingerprint density at radius 3 is 2.89 bits per heavy atom. The first-order valence-corrected chi connectivity index (χ1v) is 6.60. The molecule has 1 aliphatic carbocycles. The first-order chi connectivity index (χ1) is 9.27. The van der Waals surface area contributed by atoms with Gasteiger partial charge in [0, 0.05) is 18.8 Å². The van der Waals surface area contributed by atoms with Crippen molar-refractivity contribution in [3.63, 3.8) is 0 Å². The first kappa shape index (κ1) is 13.8. The number of hydrogen-bond acceptors (Lipinski definition) is 5. The van der Waals surface area contributed by atoms with Crippen LogP contribution in [0.3, 0.4) is 0 Å². The van der Waals surface area contributed by atoms with Gasteiger partial charge in [0.2, 0.25) is 0 Å². The summed E-state index contributed by atoms with van der Waals surface area (Å²) in [6.45, 7) is 0.328. The highest BCUT2D eigenvalue weighted by Crippen LogP contribution is 2.26. The third kappa shape index (κ3) is 3.02. The van der Waals surface area contributed by atoms with Crippen molar-refractivity contribution in [2.24, 2.45) is 5.84 Å². The van der Waals surface area contributed by atoms with Crippen LogP contribution in [-0.2, 0) is 0 Å². The van der Waals surface area contributed by atoms with Gasteiger partial charge in [0.25, 0.3) is 5.91 Å². The van der Waals surface area contributed by atoms with Crippen LogP contribution in [0.1, 0.15) is 36.0 Å². The highest BCUT2D eigenvalue weighted by Gasteiger charge is 2.28. The zero-order valence-electron chi connectivity index (χ0n) is 10.9. The third-order valence-corrected chi connectivity index (χ3v) is 3.57. The number of aliphatic hydroxyl groups is 1. The second-order valence-corrected chi connectivity index (χ2v) is 4.73. The van der Waals surface area contributed by atoms with Gasteiger partial charge in [-0.2, -0.15) is 0 Å². The number of nitrogens with zero attached hydrogens (tertiary/aromatic N) is 2. The fourth-order valence-electron chi connectivity index (χ4n) is 2.62. The van der Waals surface area contributed by atoms with E-state index in [2.05, 4.69) is 10.4 Å². The van der Waals surface area contributed by atoms with Gasteiger partial charge < -0.3 is 15.4 Å². The minimum absolute atomic E-state index is 0.0291. The van der Waals surface area contributed by atoms with E-state index in [1.807, 2.05) is 0 Å². The van der Waals surface area contributed by atoms with Crippen LogP contribution in [0, 0.1) is 0 Å². The van der Waals surface area contributed by atoms with Gasteiger partial charge in [-0.15, -0.1) is 0 Å². The molecule has 104 valence electrons. The number of carbonyl (C=O) groups excluding carboxylic acids is 1. The normalized spacial score (nSPS) is 15.5. The second kappa shape index (κ2) is 6.49. The van der Waals surface area contributed by atoms with Crippen LogP contribution >= 0.6 is 0 Å². The van der Waals surface area contributed by atoms with E-state index in [1.165, 1.54) is 6.20 Å². The molecule has 2 rings (SSSR count). The number of pyridine rings is 1. The average molecular weight is 264 g/mol. The molecule has 1 aliphatic rings. The molecule has 0 unspecified atom stereocenters. The van der Waals surface area contributed by atoms with E-state index in [9.17, 15) is 9.90 Å². The van der Waals surface area contributed by atoms with Crippen LogP contribution in [-0.4, -0.2) is 40.1 Å². The maximum absolute atomic E-state index is 12.6. The lowest BCUT2D eigenvalue weighted by molar-refractivity contribution is 0.0639. The van der Waals surface area contributed by atoms with Crippen molar-refractivity contribution in [2.75, 3.05) is 18.6 Å². The lowest BCUT2D eigenvalue weighted by Gasteiger charge is -2.29. The number of carbonyl (C=O) groups is 1. The number of nitrogen functional groups attached to an aromatic ring is 1. The largest absolute Gasteiger partial charge is 0.395 e. The van der Waals surface area contributed by atoms with Crippen molar-refractivity contribution in [2.45, 2.75) is 31.7 Å². The summed E-state index contributed by atoms with van der Waals surface area (Å²) in [5, 5.41) is 9.17. The molecule has 19 heavy (non-hydrogen) atoms. The monoisotopic (exact) mass is 264 g/mol. The molecule has 0 aliphatic heterocycles. The Balaban J connectivity index is 2.22. The Morgan fingerprint density at radius 2 is 2.26 bits per heavy atom. The van der Waals surface area contributed by atoms with Crippen molar-refractivity contribution in [3.05, 3.63) is 24.0 Å². The highest BCUT2D eigenvalue weighted by atomic mass is 16.3. The van der Waals surface area contributed by atoms with E-state index < -0.39 is 0 Å². The average Bonchev–Trinajstić information content (AvgIpc) is 2.98. The summed E-state index contributed by atoms with van der Waals surface area (Å²) in [5.41, 5.74) is 3.50. The summed E-state index contributed by atoms with van der Waals surface area (Å²) < 4.78 is 0. The van der Waals surface area contributed by atoms with Crippen molar-refractivity contribution in [1.29, 1.82) is 0 Å². The molecule has 0 bridgehead atoms. The fraction of sp³-hybridized carbons (Fsp3) is 0.538. The summed E-state index contributed by atoms with van der Waals surface area (Å²) >= 11 is 0. The van der Waals surface area contributed by atoms with Crippen molar-refractivity contribution in [1.82, 2.24) is 9.88 Å². The molecule has 1 amide bonds. The Morgan fingerprint density at radius 1 is 1.53 bits per heavy atom. The Kier molecular flexibility index (Phi) is 4.70.